The maximum Gasteiger partial charge on any atom is 0.0995 e. The molecule has 19 heavy (non-hydrogen) atoms. The van der Waals surface area contributed by atoms with Crippen molar-refractivity contribution in [2.45, 2.75) is 5.92 Å². The molecule has 0 spiro atoms. The van der Waals surface area contributed by atoms with Gasteiger partial charge < -0.3 is 0 Å². The minimum atomic E-state index is -0.605. The zero-order valence-corrected chi connectivity index (χ0v) is 10.0. The Bertz CT molecular complexity index is 669. The van der Waals surface area contributed by atoms with Crippen LogP contribution < -0.4 is 0 Å². The predicted octanol–water partition coefficient (Wildman–Crippen LogP) is 3.09. The number of nitriles is 3. The monoisotopic (exact) mass is 243 g/mol. The molecule has 2 aromatic rings. The molecule has 88 valence electrons. The molecule has 0 amide bonds. The molecule has 0 N–H and O–H groups in total. The molecule has 0 fully saturated rings. The van der Waals surface area contributed by atoms with Gasteiger partial charge in [-0.25, -0.2) is 0 Å². The van der Waals surface area contributed by atoms with Crippen molar-refractivity contribution in [3.05, 3.63) is 70.8 Å². The van der Waals surface area contributed by atoms with E-state index in [2.05, 4.69) is 18.2 Å². The van der Waals surface area contributed by atoms with Gasteiger partial charge in [0.2, 0.25) is 0 Å². The highest BCUT2D eigenvalue weighted by molar-refractivity contribution is 5.51. The van der Waals surface area contributed by atoms with Crippen molar-refractivity contribution in [1.82, 2.24) is 0 Å². The van der Waals surface area contributed by atoms with E-state index in [1.54, 1.807) is 48.5 Å². The molecule has 0 heterocycles. The summed E-state index contributed by atoms with van der Waals surface area (Å²) in [5, 5.41) is 27.6. The van der Waals surface area contributed by atoms with Crippen LogP contribution in [-0.2, 0) is 0 Å². The summed E-state index contributed by atoms with van der Waals surface area (Å²) in [5.41, 5.74) is 2.19. The molecule has 0 aliphatic carbocycles. The Morgan fingerprint density at radius 1 is 0.684 bits per heavy atom. The summed E-state index contributed by atoms with van der Waals surface area (Å²) in [6.07, 6.45) is 0. The van der Waals surface area contributed by atoms with Gasteiger partial charge in [0.1, 0.15) is 0 Å². The maximum absolute atomic E-state index is 9.40. The molecular formula is C16H9N3. The third kappa shape index (κ3) is 2.29. The second kappa shape index (κ2) is 5.50. The van der Waals surface area contributed by atoms with Crippen molar-refractivity contribution >= 4 is 0 Å². The molecule has 0 unspecified atom stereocenters. The Labute approximate surface area is 111 Å². The van der Waals surface area contributed by atoms with Crippen molar-refractivity contribution < 1.29 is 0 Å². The molecule has 0 bridgehead atoms. The maximum atomic E-state index is 9.40. The van der Waals surface area contributed by atoms with Crippen LogP contribution in [0.25, 0.3) is 0 Å². The third-order valence-electron chi connectivity index (χ3n) is 2.91. The molecular weight excluding hydrogens is 234 g/mol. The molecule has 0 aliphatic heterocycles. The smallest absolute Gasteiger partial charge is 0.0995 e. The van der Waals surface area contributed by atoms with Crippen LogP contribution in [-0.4, -0.2) is 0 Å². The lowest BCUT2D eigenvalue weighted by Crippen LogP contribution is -2.03. The van der Waals surface area contributed by atoms with Crippen LogP contribution in [0.4, 0.5) is 0 Å². The number of hydrogen-bond donors (Lipinski definition) is 0. The van der Waals surface area contributed by atoms with Crippen molar-refractivity contribution in [2.24, 2.45) is 0 Å². The van der Waals surface area contributed by atoms with Crippen LogP contribution >= 0.6 is 0 Å². The summed E-state index contributed by atoms with van der Waals surface area (Å²) in [7, 11) is 0. The van der Waals surface area contributed by atoms with Gasteiger partial charge in [0, 0.05) is 0 Å². The van der Waals surface area contributed by atoms with E-state index in [-0.39, 0.29) is 0 Å². The van der Waals surface area contributed by atoms with Crippen LogP contribution in [0.15, 0.2) is 48.5 Å². The van der Waals surface area contributed by atoms with Crippen molar-refractivity contribution in [3.63, 3.8) is 0 Å². The van der Waals surface area contributed by atoms with Crippen molar-refractivity contribution in [3.8, 4) is 18.2 Å². The van der Waals surface area contributed by atoms with E-state index in [1.807, 2.05) is 0 Å². The fourth-order valence-electron chi connectivity index (χ4n) is 2.01. The molecule has 0 aliphatic rings. The number of nitrogens with zero attached hydrogens (tertiary/aromatic N) is 3. The van der Waals surface area contributed by atoms with E-state index in [0.717, 1.165) is 0 Å². The summed E-state index contributed by atoms with van der Waals surface area (Å²) >= 11 is 0. The van der Waals surface area contributed by atoms with E-state index in [9.17, 15) is 5.26 Å². The van der Waals surface area contributed by atoms with E-state index in [0.29, 0.717) is 22.3 Å². The first kappa shape index (κ1) is 12.4. The normalized spacial score (nSPS) is 9.37. The molecule has 0 aromatic heterocycles. The fourth-order valence-corrected chi connectivity index (χ4v) is 2.01. The Hall–Kier alpha value is -3.09. The van der Waals surface area contributed by atoms with Crippen molar-refractivity contribution in [1.29, 1.82) is 15.8 Å². The summed E-state index contributed by atoms with van der Waals surface area (Å²) < 4.78 is 0. The Morgan fingerprint density at radius 3 is 1.47 bits per heavy atom. The van der Waals surface area contributed by atoms with Gasteiger partial charge in [0.15, 0.2) is 0 Å². The van der Waals surface area contributed by atoms with Gasteiger partial charge >= 0.3 is 0 Å². The van der Waals surface area contributed by atoms with Gasteiger partial charge in [-0.05, 0) is 23.3 Å². The molecule has 0 saturated heterocycles. The third-order valence-corrected chi connectivity index (χ3v) is 2.91. The summed E-state index contributed by atoms with van der Waals surface area (Å²) in [6, 6.07) is 20.3. The fraction of sp³-hybridized carbons (Fsp3) is 0.0625. The molecule has 2 aromatic carbocycles. The lowest BCUT2D eigenvalue weighted by molar-refractivity contribution is 1.02. The molecule has 3 nitrogen and oxygen atoms in total. The van der Waals surface area contributed by atoms with Crippen LogP contribution in [0, 0.1) is 34.0 Å². The molecule has 2 rings (SSSR count). The van der Waals surface area contributed by atoms with E-state index in [1.165, 1.54) is 0 Å². The molecule has 0 atom stereocenters. The van der Waals surface area contributed by atoms with Gasteiger partial charge in [-0.15, -0.1) is 0 Å². The van der Waals surface area contributed by atoms with Crippen LogP contribution in [0.3, 0.4) is 0 Å². The largest absolute Gasteiger partial charge is 0.197 e. The number of benzene rings is 2. The Morgan fingerprint density at radius 2 is 1.11 bits per heavy atom. The summed E-state index contributed by atoms with van der Waals surface area (Å²) in [4.78, 5) is 0. The Kier molecular flexibility index (Phi) is 3.58. The van der Waals surface area contributed by atoms with Gasteiger partial charge in [-0.2, -0.15) is 15.8 Å². The molecule has 0 radical (unpaired) electrons. The first-order chi connectivity index (χ1) is 9.31. The predicted molar refractivity (Wildman–Crippen MR) is 69.8 cm³/mol. The minimum Gasteiger partial charge on any atom is -0.197 e. The summed E-state index contributed by atoms with van der Waals surface area (Å²) in [6.45, 7) is 0. The zero-order chi connectivity index (χ0) is 13.7. The average molecular weight is 243 g/mol. The lowest BCUT2D eigenvalue weighted by atomic mass is 9.87. The van der Waals surface area contributed by atoms with Gasteiger partial charge in [-0.1, -0.05) is 36.4 Å². The second-order valence-corrected chi connectivity index (χ2v) is 3.96. The Balaban J connectivity index is 2.62. The van der Waals surface area contributed by atoms with Crippen LogP contribution in [0.5, 0.6) is 0 Å². The van der Waals surface area contributed by atoms with Gasteiger partial charge in [0.05, 0.1) is 35.3 Å². The first-order valence-electron chi connectivity index (χ1n) is 5.69. The average Bonchev–Trinajstić information content (AvgIpc) is 2.49. The topological polar surface area (TPSA) is 71.4 Å². The van der Waals surface area contributed by atoms with E-state index >= 15 is 0 Å². The summed E-state index contributed by atoms with van der Waals surface area (Å²) in [5.74, 6) is -0.605. The van der Waals surface area contributed by atoms with Crippen LogP contribution in [0.1, 0.15) is 28.2 Å². The SMILES string of the molecule is N#Cc1ccccc1C(C#N)c1ccccc1C#N. The highest BCUT2D eigenvalue weighted by Gasteiger charge is 2.19. The van der Waals surface area contributed by atoms with Gasteiger partial charge in [0.25, 0.3) is 0 Å². The highest BCUT2D eigenvalue weighted by atomic mass is 14.3. The quantitative estimate of drug-likeness (QED) is 0.813. The number of rotatable bonds is 2. The second-order valence-electron chi connectivity index (χ2n) is 3.96. The van der Waals surface area contributed by atoms with Gasteiger partial charge in [-0.3, -0.25) is 0 Å². The zero-order valence-electron chi connectivity index (χ0n) is 10.0. The van der Waals surface area contributed by atoms with E-state index in [4.69, 9.17) is 10.5 Å². The molecule has 3 heteroatoms. The lowest BCUT2D eigenvalue weighted by Gasteiger charge is -2.12. The van der Waals surface area contributed by atoms with Crippen LogP contribution in [0.2, 0.25) is 0 Å². The first-order valence-corrected chi connectivity index (χ1v) is 5.69. The van der Waals surface area contributed by atoms with Crippen molar-refractivity contribution in [2.75, 3.05) is 0 Å². The molecule has 0 saturated carbocycles. The number of hydrogen-bond acceptors (Lipinski definition) is 3. The highest BCUT2D eigenvalue weighted by Crippen LogP contribution is 2.28. The standard InChI is InChI=1S/C16H9N3/c17-9-12-5-1-3-7-14(12)16(11-19)15-8-4-2-6-13(15)10-18/h1-8,16H. The minimum absolute atomic E-state index is 0.460. The van der Waals surface area contributed by atoms with E-state index < -0.39 is 5.92 Å².